The van der Waals surface area contributed by atoms with Crippen molar-refractivity contribution in [1.29, 1.82) is 0 Å². The van der Waals surface area contributed by atoms with Crippen molar-refractivity contribution < 1.29 is 18.3 Å². The number of halogens is 4. The van der Waals surface area contributed by atoms with Gasteiger partial charge in [0.2, 0.25) is 0 Å². The fraction of sp³-hybridized carbons (Fsp3) is 0.455. The molecule has 0 aromatic heterocycles. The minimum atomic E-state index is -4.35. The maximum absolute atomic E-state index is 12.8. The zero-order valence-corrected chi connectivity index (χ0v) is 10.4. The van der Waals surface area contributed by atoms with E-state index in [1.54, 1.807) is 4.90 Å². The normalized spacial score (nSPS) is 17.1. The van der Waals surface area contributed by atoms with Crippen LogP contribution in [0.2, 0.25) is 0 Å². The molecule has 1 aliphatic heterocycles. The second-order valence-electron chi connectivity index (χ2n) is 4.11. The average Bonchev–Trinajstić information content (AvgIpc) is 2.14. The molecule has 0 amide bonds. The van der Waals surface area contributed by atoms with Crippen molar-refractivity contribution in [3.8, 4) is 0 Å². The van der Waals surface area contributed by atoms with Crippen LogP contribution in [0.3, 0.4) is 0 Å². The van der Waals surface area contributed by atoms with Crippen molar-refractivity contribution in [3.05, 3.63) is 28.2 Å². The van der Waals surface area contributed by atoms with Crippen LogP contribution >= 0.6 is 15.9 Å². The number of benzene rings is 1. The summed E-state index contributed by atoms with van der Waals surface area (Å²) in [6, 6.07) is 3.93. The van der Waals surface area contributed by atoms with Crippen molar-refractivity contribution in [1.82, 2.24) is 0 Å². The maximum Gasteiger partial charge on any atom is 0.418 e. The number of aliphatic hydroxyl groups excluding tert-OH is 1. The third-order valence-corrected chi connectivity index (χ3v) is 3.31. The van der Waals surface area contributed by atoms with Crippen LogP contribution < -0.4 is 4.90 Å². The lowest BCUT2D eigenvalue weighted by atomic mass is 9.98. The molecule has 0 spiro atoms. The molecule has 1 aromatic rings. The summed E-state index contributed by atoms with van der Waals surface area (Å²) in [4.78, 5) is 1.63. The first-order valence-corrected chi connectivity index (χ1v) is 5.93. The van der Waals surface area contributed by atoms with E-state index in [-0.39, 0.29) is 18.2 Å². The second-order valence-corrected chi connectivity index (χ2v) is 5.03. The molecule has 1 fully saturated rings. The van der Waals surface area contributed by atoms with Crippen LogP contribution in [-0.4, -0.2) is 24.8 Å². The Balaban J connectivity index is 2.29. The van der Waals surface area contributed by atoms with E-state index in [0.717, 1.165) is 6.07 Å². The zero-order chi connectivity index (χ0) is 12.6. The first-order valence-electron chi connectivity index (χ1n) is 5.14. The zero-order valence-electron chi connectivity index (χ0n) is 8.84. The highest BCUT2D eigenvalue weighted by Crippen LogP contribution is 2.40. The molecule has 1 saturated heterocycles. The number of aliphatic hydroxyl groups is 1. The van der Waals surface area contributed by atoms with Crippen molar-refractivity contribution in [3.63, 3.8) is 0 Å². The molecular weight excluding hydrogens is 299 g/mol. The Morgan fingerprint density at radius 1 is 1.35 bits per heavy atom. The van der Waals surface area contributed by atoms with Crippen LogP contribution in [0.5, 0.6) is 0 Å². The summed E-state index contributed by atoms with van der Waals surface area (Å²) < 4.78 is 39.0. The van der Waals surface area contributed by atoms with Gasteiger partial charge in [0.15, 0.2) is 0 Å². The van der Waals surface area contributed by atoms with Gasteiger partial charge in [-0.25, -0.2) is 0 Å². The molecule has 1 aromatic carbocycles. The molecule has 6 heteroatoms. The number of nitrogens with zero attached hydrogens (tertiary/aromatic N) is 1. The van der Waals surface area contributed by atoms with Crippen LogP contribution in [0.4, 0.5) is 18.9 Å². The van der Waals surface area contributed by atoms with Gasteiger partial charge in [0.1, 0.15) is 0 Å². The van der Waals surface area contributed by atoms with Crippen LogP contribution in [0.1, 0.15) is 5.56 Å². The Kier molecular flexibility index (Phi) is 3.36. The Hall–Kier alpha value is -0.750. The van der Waals surface area contributed by atoms with E-state index in [9.17, 15) is 13.2 Å². The fourth-order valence-corrected chi connectivity index (χ4v) is 2.24. The molecule has 0 saturated carbocycles. The highest BCUT2D eigenvalue weighted by atomic mass is 79.9. The third kappa shape index (κ3) is 2.57. The van der Waals surface area contributed by atoms with E-state index in [1.165, 1.54) is 12.1 Å². The van der Waals surface area contributed by atoms with Crippen molar-refractivity contribution in [2.45, 2.75) is 6.18 Å². The number of hydrogen-bond acceptors (Lipinski definition) is 2. The van der Waals surface area contributed by atoms with Gasteiger partial charge in [-0.15, -0.1) is 0 Å². The Morgan fingerprint density at radius 3 is 2.53 bits per heavy atom. The van der Waals surface area contributed by atoms with Gasteiger partial charge in [-0.3, -0.25) is 0 Å². The lowest BCUT2D eigenvalue weighted by Gasteiger charge is -2.41. The number of alkyl halides is 3. The molecule has 0 aliphatic carbocycles. The van der Waals surface area contributed by atoms with Crippen LogP contribution in [0.25, 0.3) is 0 Å². The monoisotopic (exact) mass is 309 g/mol. The summed E-state index contributed by atoms with van der Waals surface area (Å²) in [7, 11) is 0. The van der Waals surface area contributed by atoms with E-state index < -0.39 is 11.7 Å². The summed E-state index contributed by atoms with van der Waals surface area (Å²) in [5.41, 5.74) is -0.450. The number of hydrogen-bond donors (Lipinski definition) is 1. The molecule has 0 atom stereocenters. The van der Waals surface area contributed by atoms with Gasteiger partial charge in [-0.1, -0.05) is 15.9 Å². The molecular formula is C11H11BrF3NO. The summed E-state index contributed by atoms with van der Waals surface area (Å²) >= 11 is 3.17. The van der Waals surface area contributed by atoms with Crippen molar-refractivity contribution in [2.24, 2.45) is 5.92 Å². The average molecular weight is 310 g/mol. The van der Waals surface area contributed by atoms with E-state index in [4.69, 9.17) is 5.11 Å². The van der Waals surface area contributed by atoms with Gasteiger partial charge in [-0.05, 0) is 18.2 Å². The summed E-state index contributed by atoms with van der Waals surface area (Å²) in [5, 5.41) is 8.88. The highest BCUT2D eigenvalue weighted by molar-refractivity contribution is 9.10. The molecule has 0 radical (unpaired) electrons. The molecule has 94 valence electrons. The number of anilines is 1. The number of rotatable bonds is 2. The molecule has 2 nitrogen and oxygen atoms in total. The minimum Gasteiger partial charge on any atom is -0.396 e. The topological polar surface area (TPSA) is 23.5 Å². The molecule has 0 bridgehead atoms. The van der Waals surface area contributed by atoms with Crippen molar-refractivity contribution in [2.75, 3.05) is 24.6 Å². The van der Waals surface area contributed by atoms with Crippen molar-refractivity contribution >= 4 is 21.6 Å². The quantitative estimate of drug-likeness (QED) is 0.908. The SMILES string of the molecule is OCC1CN(c2cc(Br)ccc2C(F)(F)F)C1. The van der Waals surface area contributed by atoms with Gasteiger partial charge in [0, 0.05) is 30.1 Å². The molecule has 17 heavy (non-hydrogen) atoms. The molecule has 1 heterocycles. The van der Waals surface area contributed by atoms with E-state index >= 15 is 0 Å². The fourth-order valence-electron chi connectivity index (χ4n) is 1.89. The van der Waals surface area contributed by atoms with Crippen LogP contribution in [0, 0.1) is 5.92 Å². The first-order chi connectivity index (χ1) is 7.91. The lowest BCUT2D eigenvalue weighted by molar-refractivity contribution is -0.137. The molecule has 0 unspecified atom stereocenters. The Morgan fingerprint density at radius 2 is 2.00 bits per heavy atom. The molecule has 1 N–H and O–H groups in total. The van der Waals surface area contributed by atoms with E-state index in [1.807, 2.05) is 0 Å². The third-order valence-electron chi connectivity index (χ3n) is 2.82. The Bertz CT molecular complexity index is 416. The minimum absolute atomic E-state index is 0.0197. The summed E-state index contributed by atoms with van der Waals surface area (Å²) in [6.45, 7) is 0.956. The van der Waals surface area contributed by atoms with Gasteiger partial charge in [0.05, 0.1) is 11.3 Å². The summed E-state index contributed by atoms with van der Waals surface area (Å²) in [6.07, 6.45) is -4.35. The predicted molar refractivity (Wildman–Crippen MR) is 61.9 cm³/mol. The van der Waals surface area contributed by atoms with E-state index in [0.29, 0.717) is 17.6 Å². The maximum atomic E-state index is 12.8. The highest BCUT2D eigenvalue weighted by Gasteiger charge is 2.37. The lowest BCUT2D eigenvalue weighted by Crippen LogP contribution is -2.49. The van der Waals surface area contributed by atoms with Gasteiger partial charge in [-0.2, -0.15) is 13.2 Å². The van der Waals surface area contributed by atoms with Gasteiger partial charge in [0.25, 0.3) is 0 Å². The van der Waals surface area contributed by atoms with Crippen LogP contribution in [-0.2, 0) is 6.18 Å². The van der Waals surface area contributed by atoms with Gasteiger partial charge < -0.3 is 10.0 Å². The summed E-state index contributed by atoms with van der Waals surface area (Å²) in [5.74, 6) is 0.0788. The largest absolute Gasteiger partial charge is 0.418 e. The standard InChI is InChI=1S/C11H11BrF3NO/c12-8-1-2-9(11(13,14)15)10(3-8)16-4-7(5-16)6-17/h1-3,7,17H,4-6H2. The smallest absolute Gasteiger partial charge is 0.396 e. The molecule has 2 rings (SSSR count). The van der Waals surface area contributed by atoms with Gasteiger partial charge >= 0.3 is 6.18 Å². The second kappa shape index (κ2) is 4.49. The first kappa shape index (κ1) is 12.7. The van der Waals surface area contributed by atoms with E-state index in [2.05, 4.69) is 15.9 Å². The Labute approximate surface area is 105 Å². The predicted octanol–water partition coefficient (Wildman–Crippen LogP) is 2.90. The van der Waals surface area contributed by atoms with Crippen LogP contribution in [0.15, 0.2) is 22.7 Å². The molecule has 1 aliphatic rings.